The zero-order chi connectivity index (χ0) is 10.9. The van der Waals surface area contributed by atoms with Crippen LogP contribution in [0, 0.1) is 0 Å². The lowest BCUT2D eigenvalue weighted by molar-refractivity contribution is -0.000607. The van der Waals surface area contributed by atoms with E-state index in [0.717, 1.165) is 31.2 Å². The van der Waals surface area contributed by atoms with Crippen LogP contribution in [0.25, 0.3) is 0 Å². The van der Waals surface area contributed by atoms with Crippen molar-refractivity contribution in [1.29, 1.82) is 0 Å². The van der Waals surface area contributed by atoms with Gasteiger partial charge in [0.1, 0.15) is 0 Å². The van der Waals surface area contributed by atoms with Crippen LogP contribution in [0.3, 0.4) is 0 Å². The molecule has 1 N–H and O–H groups in total. The minimum Gasteiger partial charge on any atom is -0.375 e. The van der Waals surface area contributed by atoms with Crippen molar-refractivity contribution in [3.05, 3.63) is 12.7 Å². The highest BCUT2D eigenvalue weighted by molar-refractivity contribution is 7.99. The van der Waals surface area contributed by atoms with E-state index in [1.54, 1.807) is 0 Å². The minimum atomic E-state index is -0.0146. The largest absolute Gasteiger partial charge is 0.375 e. The zero-order valence-electron chi connectivity index (χ0n) is 9.64. The Labute approximate surface area is 92.5 Å². The number of ether oxygens (including phenoxy) is 1. The fourth-order valence-electron chi connectivity index (χ4n) is 0.865. The number of nitrogens with one attached hydrogen (secondary N) is 1. The van der Waals surface area contributed by atoms with E-state index < -0.39 is 0 Å². The van der Waals surface area contributed by atoms with Crippen molar-refractivity contribution in [2.24, 2.45) is 0 Å². The zero-order valence-corrected chi connectivity index (χ0v) is 10.5. The summed E-state index contributed by atoms with van der Waals surface area (Å²) in [6.07, 6.45) is 1.94. The summed E-state index contributed by atoms with van der Waals surface area (Å²) >= 11 is 1.90. The summed E-state index contributed by atoms with van der Waals surface area (Å²) in [4.78, 5) is 0. The molecule has 3 heteroatoms. The third kappa shape index (κ3) is 12.0. The van der Waals surface area contributed by atoms with Gasteiger partial charge in [0.15, 0.2) is 0 Å². The molecule has 0 atom stereocenters. The van der Waals surface area contributed by atoms with Crippen LogP contribution >= 0.6 is 11.8 Å². The summed E-state index contributed by atoms with van der Waals surface area (Å²) in [5.41, 5.74) is -0.0146. The molecule has 0 fully saturated rings. The molecule has 0 aliphatic carbocycles. The van der Waals surface area contributed by atoms with Gasteiger partial charge in [-0.05, 0) is 20.8 Å². The number of hydrogen-bond acceptors (Lipinski definition) is 3. The second kappa shape index (κ2) is 8.33. The molecule has 2 nitrogen and oxygen atoms in total. The maximum absolute atomic E-state index is 5.57. The van der Waals surface area contributed by atoms with Crippen LogP contribution in [0.4, 0.5) is 0 Å². The summed E-state index contributed by atoms with van der Waals surface area (Å²) < 4.78 is 5.57. The first kappa shape index (κ1) is 14.0. The van der Waals surface area contributed by atoms with Crippen LogP contribution in [-0.2, 0) is 4.74 Å². The Balaban J connectivity index is 3.03. The number of hydrogen-bond donors (Lipinski definition) is 1. The molecule has 0 rings (SSSR count). The highest BCUT2D eigenvalue weighted by Gasteiger charge is 2.08. The van der Waals surface area contributed by atoms with Crippen LogP contribution in [0.15, 0.2) is 12.7 Å². The Morgan fingerprint density at radius 3 is 2.64 bits per heavy atom. The average molecular weight is 217 g/mol. The van der Waals surface area contributed by atoms with Gasteiger partial charge >= 0.3 is 0 Å². The van der Waals surface area contributed by atoms with Crippen molar-refractivity contribution < 1.29 is 4.74 Å². The number of thioether (sulfide) groups is 1. The topological polar surface area (TPSA) is 21.3 Å². The molecule has 0 saturated heterocycles. The molecule has 0 aliphatic heterocycles. The average Bonchev–Trinajstić information content (AvgIpc) is 2.08. The van der Waals surface area contributed by atoms with E-state index in [1.165, 1.54) is 0 Å². The standard InChI is InChI=1S/C11H23NOS/c1-5-9-14-10-7-12-6-8-13-11(2,3)4/h5,12H,1,6-10H2,2-4H3. The van der Waals surface area contributed by atoms with E-state index >= 15 is 0 Å². The Kier molecular flexibility index (Phi) is 8.34. The van der Waals surface area contributed by atoms with Crippen molar-refractivity contribution in [3.8, 4) is 0 Å². The van der Waals surface area contributed by atoms with Gasteiger partial charge in [0, 0.05) is 24.6 Å². The Morgan fingerprint density at radius 1 is 1.36 bits per heavy atom. The lowest BCUT2D eigenvalue weighted by Crippen LogP contribution is -2.27. The van der Waals surface area contributed by atoms with Crippen LogP contribution < -0.4 is 5.32 Å². The van der Waals surface area contributed by atoms with Crippen molar-refractivity contribution in [1.82, 2.24) is 5.32 Å². The third-order valence-corrected chi connectivity index (χ3v) is 2.44. The predicted octanol–water partition coefficient (Wildman–Crippen LogP) is 2.31. The Morgan fingerprint density at radius 2 is 2.07 bits per heavy atom. The molecular formula is C11H23NOS. The first-order valence-corrected chi connectivity index (χ1v) is 6.25. The number of rotatable bonds is 8. The molecule has 0 bridgehead atoms. The summed E-state index contributed by atoms with van der Waals surface area (Å²) in [6.45, 7) is 12.7. The molecule has 0 unspecified atom stereocenters. The summed E-state index contributed by atoms with van der Waals surface area (Å²) in [5, 5.41) is 3.34. The highest BCUT2D eigenvalue weighted by atomic mass is 32.2. The molecule has 0 aromatic heterocycles. The van der Waals surface area contributed by atoms with Crippen molar-refractivity contribution in [3.63, 3.8) is 0 Å². The van der Waals surface area contributed by atoms with E-state index in [4.69, 9.17) is 4.74 Å². The van der Waals surface area contributed by atoms with Gasteiger partial charge in [0.2, 0.25) is 0 Å². The highest BCUT2D eigenvalue weighted by Crippen LogP contribution is 2.05. The molecule has 0 aromatic carbocycles. The second-order valence-corrected chi connectivity index (χ2v) is 5.22. The molecule has 0 saturated carbocycles. The second-order valence-electron chi connectivity index (χ2n) is 4.07. The summed E-state index contributed by atoms with van der Waals surface area (Å²) in [7, 11) is 0. The van der Waals surface area contributed by atoms with E-state index in [9.17, 15) is 0 Å². The van der Waals surface area contributed by atoms with Gasteiger partial charge in [-0.2, -0.15) is 11.8 Å². The molecule has 0 aromatic rings. The van der Waals surface area contributed by atoms with Crippen molar-refractivity contribution in [2.75, 3.05) is 31.2 Å². The van der Waals surface area contributed by atoms with Gasteiger partial charge < -0.3 is 10.1 Å². The van der Waals surface area contributed by atoms with Crippen molar-refractivity contribution >= 4 is 11.8 Å². The van der Waals surface area contributed by atoms with Crippen LogP contribution in [0.1, 0.15) is 20.8 Å². The molecule has 0 spiro atoms. The van der Waals surface area contributed by atoms with Crippen LogP contribution in [0.5, 0.6) is 0 Å². The van der Waals surface area contributed by atoms with Gasteiger partial charge in [-0.3, -0.25) is 0 Å². The van der Waals surface area contributed by atoms with Gasteiger partial charge in [-0.25, -0.2) is 0 Å². The van der Waals surface area contributed by atoms with Crippen molar-refractivity contribution in [2.45, 2.75) is 26.4 Å². The van der Waals surface area contributed by atoms with Gasteiger partial charge in [0.25, 0.3) is 0 Å². The molecule has 0 radical (unpaired) electrons. The van der Waals surface area contributed by atoms with E-state index in [-0.39, 0.29) is 5.60 Å². The van der Waals surface area contributed by atoms with E-state index in [0.29, 0.717) is 0 Å². The maximum Gasteiger partial charge on any atom is 0.0599 e. The molecular weight excluding hydrogens is 194 g/mol. The lowest BCUT2D eigenvalue weighted by atomic mass is 10.2. The Hall–Kier alpha value is 0.01000. The fraction of sp³-hybridized carbons (Fsp3) is 0.818. The summed E-state index contributed by atoms with van der Waals surface area (Å²) in [6, 6.07) is 0. The van der Waals surface area contributed by atoms with E-state index in [1.807, 2.05) is 17.8 Å². The van der Waals surface area contributed by atoms with Gasteiger partial charge in [-0.1, -0.05) is 6.08 Å². The van der Waals surface area contributed by atoms with Crippen LogP contribution in [0.2, 0.25) is 0 Å². The van der Waals surface area contributed by atoms with Gasteiger partial charge in [0.05, 0.1) is 12.2 Å². The molecule has 0 heterocycles. The molecule has 14 heavy (non-hydrogen) atoms. The summed E-state index contributed by atoms with van der Waals surface area (Å²) in [5.74, 6) is 2.18. The maximum atomic E-state index is 5.57. The molecule has 0 amide bonds. The van der Waals surface area contributed by atoms with E-state index in [2.05, 4.69) is 32.7 Å². The molecule has 0 aliphatic rings. The first-order chi connectivity index (χ1) is 6.56. The normalized spacial score (nSPS) is 11.6. The lowest BCUT2D eigenvalue weighted by Gasteiger charge is -2.19. The third-order valence-electron chi connectivity index (χ3n) is 1.47. The smallest absolute Gasteiger partial charge is 0.0599 e. The van der Waals surface area contributed by atoms with Crippen LogP contribution in [-0.4, -0.2) is 36.8 Å². The SMILES string of the molecule is C=CCSCCNCCOC(C)(C)C. The Bertz CT molecular complexity index is 143. The first-order valence-electron chi connectivity index (χ1n) is 5.09. The molecule has 84 valence electrons. The van der Waals surface area contributed by atoms with Gasteiger partial charge in [-0.15, -0.1) is 6.58 Å². The monoisotopic (exact) mass is 217 g/mol. The fourth-order valence-corrected chi connectivity index (χ4v) is 1.49. The minimum absolute atomic E-state index is 0.0146. The quantitative estimate of drug-likeness (QED) is 0.498. The predicted molar refractivity (Wildman–Crippen MR) is 66.1 cm³/mol.